The van der Waals surface area contributed by atoms with E-state index in [0.29, 0.717) is 37.9 Å². The molecule has 3 rings (SSSR count). The number of aromatic nitrogens is 2. The summed E-state index contributed by atoms with van der Waals surface area (Å²) in [5.41, 5.74) is 2.57. The molecular weight excluding hydrogens is 292 g/mol. The van der Waals surface area contributed by atoms with E-state index in [2.05, 4.69) is 34.3 Å². The van der Waals surface area contributed by atoms with Crippen LogP contribution in [0.2, 0.25) is 0 Å². The summed E-state index contributed by atoms with van der Waals surface area (Å²) >= 11 is 0. The average molecular weight is 312 g/mol. The minimum absolute atomic E-state index is 0.0833. The van der Waals surface area contributed by atoms with Gasteiger partial charge in [-0.05, 0) is 30.2 Å². The first-order chi connectivity index (χ1) is 11.3. The number of nitrogens with one attached hydrogen (secondary N) is 1. The molecule has 120 valence electrons. The Morgan fingerprint density at radius 2 is 1.96 bits per heavy atom. The SMILES string of the molecule is CCc1ccc(Nc2nccc(C(=O)N3CCOCC3)n2)cc1. The quantitative estimate of drug-likeness (QED) is 0.938. The lowest BCUT2D eigenvalue weighted by Crippen LogP contribution is -2.41. The molecule has 0 atom stereocenters. The molecule has 0 aliphatic carbocycles. The Labute approximate surface area is 135 Å². The molecule has 0 saturated carbocycles. The van der Waals surface area contributed by atoms with Crippen molar-refractivity contribution in [3.8, 4) is 0 Å². The van der Waals surface area contributed by atoms with Crippen LogP contribution < -0.4 is 5.32 Å². The number of hydrogen-bond acceptors (Lipinski definition) is 5. The van der Waals surface area contributed by atoms with Crippen molar-refractivity contribution < 1.29 is 9.53 Å². The Hall–Kier alpha value is -2.47. The van der Waals surface area contributed by atoms with Gasteiger partial charge in [0.1, 0.15) is 5.69 Å². The number of hydrogen-bond donors (Lipinski definition) is 1. The highest BCUT2D eigenvalue weighted by Gasteiger charge is 2.20. The maximum Gasteiger partial charge on any atom is 0.272 e. The minimum atomic E-state index is -0.0833. The normalized spacial score (nSPS) is 14.6. The smallest absolute Gasteiger partial charge is 0.272 e. The molecule has 1 amide bonds. The van der Waals surface area contributed by atoms with Gasteiger partial charge in [-0.1, -0.05) is 19.1 Å². The van der Waals surface area contributed by atoms with Gasteiger partial charge in [0.25, 0.3) is 5.91 Å². The molecule has 2 heterocycles. The molecule has 2 aromatic rings. The zero-order valence-electron chi connectivity index (χ0n) is 13.2. The Bertz CT molecular complexity index is 667. The number of nitrogens with zero attached hydrogens (tertiary/aromatic N) is 3. The van der Waals surface area contributed by atoms with Crippen molar-refractivity contribution in [2.75, 3.05) is 31.6 Å². The van der Waals surface area contributed by atoms with Crippen LogP contribution in [0.1, 0.15) is 23.0 Å². The highest BCUT2D eigenvalue weighted by molar-refractivity contribution is 5.92. The summed E-state index contributed by atoms with van der Waals surface area (Å²) in [6, 6.07) is 9.73. The second-order valence-corrected chi connectivity index (χ2v) is 5.35. The van der Waals surface area contributed by atoms with Crippen molar-refractivity contribution in [1.82, 2.24) is 14.9 Å². The van der Waals surface area contributed by atoms with Gasteiger partial charge in [0, 0.05) is 25.0 Å². The number of ether oxygens (including phenoxy) is 1. The Balaban J connectivity index is 1.72. The number of benzene rings is 1. The Morgan fingerprint density at radius 1 is 1.22 bits per heavy atom. The van der Waals surface area contributed by atoms with E-state index in [0.717, 1.165) is 12.1 Å². The molecule has 1 N–H and O–H groups in total. The first-order valence-corrected chi connectivity index (χ1v) is 7.82. The van der Waals surface area contributed by atoms with E-state index in [9.17, 15) is 4.79 Å². The summed E-state index contributed by atoms with van der Waals surface area (Å²) in [6.07, 6.45) is 2.60. The molecule has 1 aromatic carbocycles. The predicted molar refractivity (Wildman–Crippen MR) is 87.9 cm³/mol. The number of carbonyl (C=O) groups is 1. The van der Waals surface area contributed by atoms with Crippen molar-refractivity contribution in [2.45, 2.75) is 13.3 Å². The maximum absolute atomic E-state index is 12.4. The van der Waals surface area contributed by atoms with Gasteiger partial charge in [0.2, 0.25) is 5.95 Å². The van der Waals surface area contributed by atoms with Crippen LogP contribution in [-0.4, -0.2) is 47.1 Å². The molecule has 1 fully saturated rings. The lowest BCUT2D eigenvalue weighted by atomic mass is 10.1. The largest absolute Gasteiger partial charge is 0.378 e. The van der Waals surface area contributed by atoms with Crippen LogP contribution in [0.4, 0.5) is 11.6 Å². The molecule has 1 aromatic heterocycles. The maximum atomic E-state index is 12.4. The van der Waals surface area contributed by atoms with Gasteiger partial charge in [-0.15, -0.1) is 0 Å². The first kappa shape index (κ1) is 15.4. The van der Waals surface area contributed by atoms with Crippen molar-refractivity contribution in [1.29, 1.82) is 0 Å². The van der Waals surface area contributed by atoms with E-state index < -0.39 is 0 Å². The van der Waals surface area contributed by atoms with Crippen LogP contribution in [0.25, 0.3) is 0 Å². The van der Waals surface area contributed by atoms with Crippen LogP contribution in [0.3, 0.4) is 0 Å². The lowest BCUT2D eigenvalue weighted by Gasteiger charge is -2.26. The van der Waals surface area contributed by atoms with Gasteiger partial charge in [-0.2, -0.15) is 0 Å². The van der Waals surface area contributed by atoms with Crippen molar-refractivity contribution in [3.63, 3.8) is 0 Å². The summed E-state index contributed by atoms with van der Waals surface area (Å²) in [7, 11) is 0. The molecule has 6 nitrogen and oxygen atoms in total. The van der Waals surface area contributed by atoms with Crippen molar-refractivity contribution in [2.24, 2.45) is 0 Å². The number of carbonyl (C=O) groups excluding carboxylic acids is 1. The zero-order valence-corrected chi connectivity index (χ0v) is 13.2. The molecule has 1 aliphatic heterocycles. The van der Waals surface area contributed by atoms with E-state index in [4.69, 9.17) is 4.74 Å². The fourth-order valence-electron chi connectivity index (χ4n) is 2.42. The monoisotopic (exact) mass is 312 g/mol. The zero-order chi connectivity index (χ0) is 16.1. The summed E-state index contributed by atoms with van der Waals surface area (Å²) in [5.74, 6) is 0.341. The third-order valence-corrected chi connectivity index (χ3v) is 3.79. The fourth-order valence-corrected chi connectivity index (χ4v) is 2.42. The standard InChI is InChI=1S/C17H20N4O2/c1-2-13-3-5-14(6-4-13)19-17-18-8-7-15(20-17)16(22)21-9-11-23-12-10-21/h3-8H,2,9-12H2,1H3,(H,18,19,20). The van der Waals surface area contributed by atoms with Crippen LogP contribution in [0.5, 0.6) is 0 Å². The molecular formula is C17H20N4O2. The van der Waals surface area contributed by atoms with Gasteiger partial charge in [0.05, 0.1) is 13.2 Å². The van der Waals surface area contributed by atoms with Crippen molar-refractivity contribution in [3.05, 3.63) is 47.8 Å². The van der Waals surface area contributed by atoms with E-state index in [1.54, 1.807) is 17.2 Å². The second-order valence-electron chi connectivity index (χ2n) is 5.35. The van der Waals surface area contributed by atoms with E-state index in [1.165, 1.54) is 5.56 Å². The molecule has 0 radical (unpaired) electrons. The third kappa shape index (κ3) is 3.84. The summed E-state index contributed by atoms with van der Waals surface area (Å²) in [4.78, 5) is 22.7. The Morgan fingerprint density at radius 3 is 2.65 bits per heavy atom. The summed E-state index contributed by atoms with van der Waals surface area (Å²) in [6.45, 7) is 4.47. The number of aryl methyl sites for hydroxylation is 1. The van der Waals surface area contributed by atoms with Gasteiger partial charge < -0.3 is 15.0 Å². The molecule has 1 aliphatic rings. The van der Waals surface area contributed by atoms with Crippen LogP contribution in [0.15, 0.2) is 36.5 Å². The lowest BCUT2D eigenvalue weighted by molar-refractivity contribution is 0.0299. The highest BCUT2D eigenvalue weighted by Crippen LogP contribution is 2.15. The van der Waals surface area contributed by atoms with Crippen LogP contribution >= 0.6 is 0 Å². The summed E-state index contributed by atoms with van der Waals surface area (Å²) in [5, 5.41) is 3.14. The van der Waals surface area contributed by atoms with Gasteiger partial charge in [0.15, 0.2) is 0 Å². The molecule has 6 heteroatoms. The summed E-state index contributed by atoms with van der Waals surface area (Å²) < 4.78 is 5.27. The van der Waals surface area contributed by atoms with Gasteiger partial charge >= 0.3 is 0 Å². The molecule has 23 heavy (non-hydrogen) atoms. The number of amides is 1. The van der Waals surface area contributed by atoms with E-state index in [1.807, 2.05) is 12.1 Å². The molecule has 1 saturated heterocycles. The average Bonchev–Trinajstić information content (AvgIpc) is 2.63. The Kier molecular flexibility index (Phi) is 4.83. The van der Waals surface area contributed by atoms with Crippen LogP contribution in [0, 0.1) is 0 Å². The molecule has 0 unspecified atom stereocenters. The predicted octanol–water partition coefficient (Wildman–Crippen LogP) is 2.25. The topological polar surface area (TPSA) is 67.4 Å². The fraction of sp³-hybridized carbons (Fsp3) is 0.353. The van der Waals surface area contributed by atoms with Crippen LogP contribution in [-0.2, 0) is 11.2 Å². The second kappa shape index (κ2) is 7.19. The van der Waals surface area contributed by atoms with Crippen molar-refractivity contribution >= 4 is 17.5 Å². The molecule has 0 spiro atoms. The van der Waals surface area contributed by atoms with E-state index >= 15 is 0 Å². The molecule has 0 bridgehead atoms. The van der Waals surface area contributed by atoms with E-state index in [-0.39, 0.29) is 5.91 Å². The first-order valence-electron chi connectivity index (χ1n) is 7.82. The minimum Gasteiger partial charge on any atom is -0.378 e. The third-order valence-electron chi connectivity index (χ3n) is 3.79. The van der Waals surface area contributed by atoms with Gasteiger partial charge in [-0.3, -0.25) is 4.79 Å². The number of anilines is 2. The number of morpholine rings is 1. The highest BCUT2D eigenvalue weighted by atomic mass is 16.5. The number of rotatable bonds is 4. The van der Waals surface area contributed by atoms with Gasteiger partial charge in [-0.25, -0.2) is 9.97 Å².